The molecule has 0 heterocycles. The summed E-state index contributed by atoms with van der Waals surface area (Å²) in [6, 6.07) is 0. The minimum Gasteiger partial charge on any atom is -0.386 e. The smallest absolute Gasteiger partial charge is 0.118 e. The van der Waals surface area contributed by atoms with Crippen LogP contribution in [-0.2, 0) is 0 Å². The highest BCUT2D eigenvalue weighted by atomic mass is 15.6. The predicted octanol–water partition coefficient (Wildman–Crippen LogP) is 5.53. The molecule has 0 aromatic heterocycles. The molecule has 4 aliphatic carbocycles. The maximum absolute atomic E-state index is 6.04. The summed E-state index contributed by atoms with van der Waals surface area (Å²) in [6.07, 6.45) is 17.5. The zero-order chi connectivity index (χ0) is 20.6. The molecule has 4 aliphatic rings. The fourth-order valence-electron chi connectivity index (χ4n) is 8.74. The van der Waals surface area contributed by atoms with Crippen molar-refractivity contribution in [1.82, 2.24) is 5.12 Å². The Kier molecular flexibility index (Phi) is 6.49. The van der Waals surface area contributed by atoms with E-state index < -0.39 is 0 Å². The third-order valence-corrected chi connectivity index (χ3v) is 9.95. The van der Waals surface area contributed by atoms with Crippen LogP contribution in [0.25, 0.3) is 0 Å². The second kappa shape index (κ2) is 8.77. The van der Waals surface area contributed by atoms with E-state index in [1.165, 1.54) is 64.2 Å². The van der Waals surface area contributed by atoms with Crippen LogP contribution in [0.4, 0.5) is 0 Å². The van der Waals surface area contributed by atoms with Gasteiger partial charge in [0.05, 0.1) is 6.54 Å². The number of amidine groups is 1. The van der Waals surface area contributed by atoms with Crippen LogP contribution in [0, 0.1) is 46.8 Å². The van der Waals surface area contributed by atoms with Crippen molar-refractivity contribution in [1.29, 1.82) is 0 Å². The standard InChI is InChI=1S/C25H46N4/c1-4-5-18-6-9-21-19(16-18)7-10-23-22(21)12-14-25(3)20(8-11-24(23)25)13-15-29(27)28-17(2)26/h18-24H,4-16,27H2,1-3H3,(H2,26,28). The van der Waals surface area contributed by atoms with Crippen LogP contribution in [0.5, 0.6) is 0 Å². The average Bonchev–Trinajstić information content (AvgIpc) is 3.02. The van der Waals surface area contributed by atoms with Crippen molar-refractivity contribution in [2.75, 3.05) is 6.54 Å². The van der Waals surface area contributed by atoms with E-state index in [0.29, 0.717) is 11.3 Å². The molecule has 0 aromatic carbocycles. The van der Waals surface area contributed by atoms with Gasteiger partial charge in [0, 0.05) is 0 Å². The lowest BCUT2D eigenvalue weighted by Crippen LogP contribution is -2.48. The summed E-state index contributed by atoms with van der Waals surface area (Å²) in [5.74, 6) is 13.6. The molecule has 8 atom stereocenters. The number of rotatable bonds is 6. The minimum absolute atomic E-state index is 0.537. The Morgan fingerprint density at radius 1 is 1.00 bits per heavy atom. The van der Waals surface area contributed by atoms with E-state index in [4.69, 9.17) is 11.6 Å². The lowest BCUT2D eigenvalue weighted by atomic mass is 9.49. The van der Waals surface area contributed by atoms with Gasteiger partial charge < -0.3 is 5.73 Å². The van der Waals surface area contributed by atoms with Gasteiger partial charge in [-0.1, -0.05) is 33.1 Å². The summed E-state index contributed by atoms with van der Waals surface area (Å²) in [7, 11) is 0. The van der Waals surface area contributed by atoms with Gasteiger partial charge in [-0.25, -0.2) is 11.0 Å². The summed E-state index contributed by atoms with van der Waals surface area (Å²) >= 11 is 0. The molecule has 166 valence electrons. The molecule has 4 saturated carbocycles. The molecule has 4 heteroatoms. The predicted molar refractivity (Wildman–Crippen MR) is 122 cm³/mol. The lowest BCUT2D eigenvalue weighted by molar-refractivity contribution is -0.0697. The summed E-state index contributed by atoms with van der Waals surface area (Å²) in [6.45, 7) is 7.64. The molecule has 0 amide bonds. The normalized spacial score (nSPS) is 44.7. The van der Waals surface area contributed by atoms with E-state index in [1.54, 1.807) is 24.9 Å². The second-order valence-electron chi connectivity index (χ2n) is 11.4. The number of nitrogens with zero attached hydrogens (tertiary/aromatic N) is 2. The summed E-state index contributed by atoms with van der Waals surface area (Å²) in [5, 5.41) is 5.77. The largest absolute Gasteiger partial charge is 0.386 e. The van der Waals surface area contributed by atoms with E-state index in [1.807, 2.05) is 0 Å². The fourth-order valence-corrected chi connectivity index (χ4v) is 8.74. The summed E-state index contributed by atoms with van der Waals surface area (Å²) < 4.78 is 0. The van der Waals surface area contributed by atoms with Crippen LogP contribution in [-0.4, -0.2) is 17.5 Å². The van der Waals surface area contributed by atoms with E-state index in [0.717, 1.165) is 48.0 Å². The van der Waals surface area contributed by atoms with Gasteiger partial charge in [0.25, 0.3) is 0 Å². The highest BCUT2D eigenvalue weighted by molar-refractivity contribution is 5.77. The van der Waals surface area contributed by atoms with Crippen molar-refractivity contribution in [2.45, 2.75) is 97.8 Å². The van der Waals surface area contributed by atoms with Crippen molar-refractivity contribution in [3.63, 3.8) is 0 Å². The monoisotopic (exact) mass is 402 g/mol. The van der Waals surface area contributed by atoms with Crippen LogP contribution < -0.4 is 11.6 Å². The molecule has 0 bridgehead atoms. The lowest BCUT2D eigenvalue weighted by Gasteiger charge is -2.56. The van der Waals surface area contributed by atoms with E-state index in [-0.39, 0.29) is 0 Å². The van der Waals surface area contributed by atoms with Crippen LogP contribution in [0.2, 0.25) is 0 Å². The molecule has 0 aromatic rings. The van der Waals surface area contributed by atoms with E-state index in [9.17, 15) is 0 Å². The van der Waals surface area contributed by atoms with E-state index >= 15 is 0 Å². The Bertz CT molecular complexity index is 585. The number of hydrogen-bond donors (Lipinski definition) is 2. The van der Waals surface area contributed by atoms with Gasteiger partial charge in [-0.15, -0.1) is 5.10 Å². The molecule has 0 spiro atoms. The topological polar surface area (TPSA) is 67.6 Å². The Hall–Kier alpha value is -0.770. The quantitative estimate of drug-likeness (QED) is 0.266. The van der Waals surface area contributed by atoms with Gasteiger partial charge in [-0.3, -0.25) is 0 Å². The van der Waals surface area contributed by atoms with Gasteiger partial charge in [0.2, 0.25) is 0 Å². The molecular weight excluding hydrogens is 356 g/mol. The second-order valence-corrected chi connectivity index (χ2v) is 11.4. The highest BCUT2D eigenvalue weighted by Gasteiger charge is 2.56. The molecular formula is C25H46N4. The van der Waals surface area contributed by atoms with Gasteiger partial charge in [0.1, 0.15) is 5.84 Å². The van der Waals surface area contributed by atoms with Crippen LogP contribution in [0.15, 0.2) is 5.10 Å². The van der Waals surface area contributed by atoms with E-state index in [2.05, 4.69) is 18.9 Å². The Balaban J connectivity index is 1.38. The third-order valence-electron chi connectivity index (χ3n) is 9.95. The highest BCUT2D eigenvalue weighted by Crippen LogP contribution is 2.65. The van der Waals surface area contributed by atoms with Crippen LogP contribution in [0.1, 0.15) is 97.8 Å². The molecule has 0 saturated heterocycles. The zero-order valence-corrected chi connectivity index (χ0v) is 19.3. The molecule has 0 aliphatic heterocycles. The van der Waals surface area contributed by atoms with Crippen molar-refractivity contribution in [3.05, 3.63) is 0 Å². The van der Waals surface area contributed by atoms with Gasteiger partial charge in [-0.05, 0) is 112 Å². The number of nitrogens with two attached hydrogens (primary N) is 2. The van der Waals surface area contributed by atoms with Crippen molar-refractivity contribution < 1.29 is 0 Å². The molecule has 4 fully saturated rings. The minimum atomic E-state index is 0.537. The molecule has 8 unspecified atom stereocenters. The number of hydrazine groups is 1. The molecule has 4 N–H and O–H groups in total. The number of fused-ring (bicyclic) bond motifs is 5. The van der Waals surface area contributed by atoms with Crippen molar-refractivity contribution in [2.24, 2.45) is 63.5 Å². The number of hydrazone groups is 1. The SMILES string of the molecule is CCCC1CCC2C(CCC3C2CCC2(C)C(CCN(N)/N=C(/C)N)CCC32)C1. The van der Waals surface area contributed by atoms with Crippen LogP contribution >= 0.6 is 0 Å². The summed E-state index contributed by atoms with van der Waals surface area (Å²) in [4.78, 5) is 0. The number of hydrogen-bond acceptors (Lipinski definition) is 3. The summed E-state index contributed by atoms with van der Waals surface area (Å²) in [5.41, 5.74) is 6.23. The maximum atomic E-state index is 6.04. The van der Waals surface area contributed by atoms with Gasteiger partial charge in [0.15, 0.2) is 0 Å². The molecule has 4 nitrogen and oxygen atoms in total. The first-order valence-electron chi connectivity index (χ1n) is 12.7. The first kappa shape index (κ1) is 21.5. The van der Waals surface area contributed by atoms with Crippen molar-refractivity contribution >= 4 is 5.84 Å². The maximum Gasteiger partial charge on any atom is 0.118 e. The third kappa shape index (κ3) is 4.20. The molecule has 4 rings (SSSR count). The Morgan fingerprint density at radius 3 is 2.55 bits per heavy atom. The molecule has 29 heavy (non-hydrogen) atoms. The fraction of sp³-hybridized carbons (Fsp3) is 0.960. The van der Waals surface area contributed by atoms with Crippen LogP contribution in [0.3, 0.4) is 0 Å². The zero-order valence-electron chi connectivity index (χ0n) is 19.3. The first-order chi connectivity index (χ1) is 13.9. The Labute approximate surface area is 179 Å². The van der Waals surface area contributed by atoms with Crippen molar-refractivity contribution in [3.8, 4) is 0 Å². The van der Waals surface area contributed by atoms with Gasteiger partial charge in [-0.2, -0.15) is 0 Å². The molecule has 0 radical (unpaired) electrons. The van der Waals surface area contributed by atoms with Gasteiger partial charge >= 0.3 is 0 Å². The average molecular weight is 403 g/mol. The Morgan fingerprint density at radius 2 is 1.79 bits per heavy atom. The first-order valence-corrected chi connectivity index (χ1v) is 12.7.